The molecule has 1 heterocycles. The summed E-state index contributed by atoms with van der Waals surface area (Å²) in [7, 11) is 1.81. The molecule has 1 aromatic carbocycles. The molecule has 1 aliphatic rings. The third kappa shape index (κ3) is 5.90. The quantitative estimate of drug-likeness (QED) is 0.608. The van der Waals surface area contributed by atoms with Gasteiger partial charge in [-0.3, -0.25) is 4.99 Å². The average molecular weight is 356 g/mol. The molecule has 2 N–H and O–H groups in total. The summed E-state index contributed by atoms with van der Waals surface area (Å²) < 4.78 is 5.74. The van der Waals surface area contributed by atoms with E-state index in [4.69, 9.17) is 16.3 Å². The Morgan fingerprint density at radius 3 is 2.57 bits per heavy atom. The predicted octanol–water partition coefficient (Wildman–Crippen LogP) is 2.96. The van der Waals surface area contributed by atoms with Crippen LogP contribution in [0.5, 0.6) is 0 Å². The lowest BCUT2D eigenvalue weighted by atomic mass is 9.99. The highest BCUT2D eigenvalue weighted by atomic mass is 35.5. The molecule has 4 nitrogen and oxygen atoms in total. The third-order valence-electron chi connectivity index (χ3n) is 4.26. The van der Waals surface area contributed by atoms with Gasteiger partial charge >= 0.3 is 0 Å². The molecule has 0 atom stereocenters. The highest BCUT2D eigenvalue weighted by Gasteiger charge is 2.31. The van der Waals surface area contributed by atoms with Crippen molar-refractivity contribution < 1.29 is 4.74 Å². The molecule has 128 valence electrons. The topological polar surface area (TPSA) is 45.7 Å². The van der Waals surface area contributed by atoms with E-state index in [1.54, 1.807) is 0 Å². The SMILES string of the molecule is CN=C(NCCc1ccc(Cl)cc1)NCC1(SC)CCOCC1. The van der Waals surface area contributed by atoms with Gasteiger partial charge < -0.3 is 15.4 Å². The number of nitrogens with one attached hydrogen (secondary N) is 2. The van der Waals surface area contributed by atoms with E-state index in [0.29, 0.717) is 0 Å². The summed E-state index contributed by atoms with van der Waals surface area (Å²) >= 11 is 7.83. The van der Waals surface area contributed by atoms with Crippen LogP contribution in [0.3, 0.4) is 0 Å². The minimum Gasteiger partial charge on any atom is -0.381 e. The molecular formula is C17H26ClN3OS. The molecule has 2 rings (SSSR count). The van der Waals surface area contributed by atoms with Crippen LogP contribution in [0, 0.1) is 0 Å². The van der Waals surface area contributed by atoms with Crippen molar-refractivity contribution in [2.75, 3.05) is 39.6 Å². The fourth-order valence-corrected chi connectivity index (χ4v) is 3.56. The molecule has 1 aromatic rings. The predicted molar refractivity (Wildman–Crippen MR) is 101 cm³/mol. The minimum absolute atomic E-state index is 0.256. The van der Waals surface area contributed by atoms with E-state index < -0.39 is 0 Å². The molecule has 0 spiro atoms. The number of thioether (sulfide) groups is 1. The van der Waals surface area contributed by atoms with Crippen LogP contribution in [-0.2, 0) is 11.2 Å². The number of nitrogens with zero attached hydrogens (tertiary/aromatic N) is 1. The van der Waals surface area contributed by atoms with Crippen molar-refractivity contribution in [3.63, 3.8) is 0 Å². The number of hydrogen-bond donors (Lipinski definition) is 2. The van der Waals surface area contributed by atoms with Gasteiger partial charge in [0, 0.05) is 43.1 Å². The molecule has 0 radical (unpaired) electrons. The molecule has 6 heteroatoms. The molecule has 0 aromatic heterocycles. The Bertz CT molecular complexity index is 501. The van der Waals surface area contributed by atoms with E-state index in [0.717, 1.165) is 56.5 Å². The average Bonchev–Trinajstić information content (AvgIpc) is 2.60. The number of aliphatic imine (C=N–C) groups is 1. The van der Waals surface area contributed by atoms with Gasteiger partial charge in [-0.25, -0.2) is 0 Å². The Balaban J connectivity index is 1.75. The van der Waals surface area contributed by atoms with Crippen LogP contribution in [-0.4, -0.2) is 50.3 Å². The van der Waals surface area contributed by atoms with Gasteiger partial charge in [-0.15, -0.1) is 0 Å². The lowest BCUT2D eigenvalue weighted by molar-refractivity contribution is 0.0783. The second-order valence-corrected chi connectivity index (χ2v) is 7.44. The second kappa shape index (κ2) is 9.40. The number of hydrogen-bond acceptors (Lipinski definition) is 3. The summed E-state index contributed by atoms with van der Waals surface area (Å²) in [4.78, 5) is 4.32. The normalized spacial score (nSPS) is 17.8. The molecule has 0 saturated carbocycles. The lowest BCUT2D eigenvalue weighted by Crippen LogP contribution is -2.48. The van der Waals surface area contributed by atoms with Gasteiger partial charge in [-0.05, 0) is 43.2 Å². The van der Waals surface area contributed by atoms with Gasteiger partial charge in [0.15, 0.2) is 5.96 Å². The molecular weight excluding hydrogens is 330 g/mol. The molecule has 0 bridgehead atoms. The van der Waals surface area contributed by atoms with Crippen molar-refractivity contribution in [2.24, 2.45) is 4.99 Å². The summed E-state index contributed by atoms with van der Waals surface area (Å²) in [5.41, 5.74) is 1.27. The Kier molecular flexibility index (Phi) is 7.53. The van der Waals surface area contributed by atoms with Crippen molar-refractivity contribution in [2.45, 2.75) is 24.0 Å². The monoisotopic (exact) mass is 355 g/mol. The smallest absolute Gasteiger partial charge is 0.191 e. The Morgan fingerprint density at radius 1 is 1.26 bits per heavy atom. The van der Waals surface area contributed by atoms with Crippen LogP contribution in [0.15, 0.2) is 29.3 Å². The highest BCUT2D eigenvalue weighted by molar-refractivity contribution is 8.00. The molecule has 1 aliphatic heterocycles. The Morgan fingerprint density at radius 2 is 1.96 bits per heavy atom. The molecule has 23 heavy (non-hydrogen) atoms. The van der Waals surface area contributed by atoms with E-state index in [2.05, 4.69) is 34.0 Å². The van der Waals surface area contributed by atoms with Crippen molar-refractivity contribution >= 4 is 29.3 Å². The fourth-order valence-electron chi connectivity index (χ4n) is 2.64. The molecule has 1 fully saturated rings. The van der Waals surface area contributed by atoms with Crippen LogP contribution in [0.2, 0.25) is 5.02 Å². The first-order chi connectivity index (χ1) is 11.2. The third-order valence-corrected chi connectivity index (χ3v) is 5.93. The van der Waals surface area contributed by atoms with E-state index >= 15 is 0 Å². The van der Waals surface area contributed by atoms with Crippen LogP contribution < -0.4 is 10.6 Å². The molecule has 0 amide bonds. The van der Waals surface area contributed by atoms with Gasteiger partial charge in [-0.2, -0.15) is 11.8 Å². The molecule has 0 aliphatic carbocycles. The zero-order valence-electron chi connectivity index (χ0n) is 13.9. The first-order valence-corrected chi connectivity index (χ1v) is 9.59. The van der Waals surface area contributed by atoms with Gasteiger partial charge in [0.1, 0.15) is 0 Å². The van der Waals surface area contributed by atoms with Crippen molar-refractivity contribution in [3.05, 3.63) is 34.9 Å². The maximum atomic E-state index is 5.90. The summed E-state index contributed by atoms with van der Waals surface area (Å²) in [6, 6.07) is 7.98. The molecule has 1 saturated heterocycles. The van der Waals surface area contributed by atoms with E-state index in [9.17, 15) is 0 Å². The lowest BCUT2D eigenvalue weighted by Gasteiger charge is -2.36. The van der Waals surface area contributed by atoms with Crippen LogP contribution in [0.4, 0.5) is 0 Å². The second-order valence-electron chi connectivity index (χ2n) is 5.73. The van der Waals surface area contributed by atoms with Gasteiger partial charge in [0.25, 0.3) is 0 Å². The number of rotatable bonds is 6. The maximum absolute atomic E-state index is 5.90. The first-order valence-electron chi connectivity index (χ1n) is 7.99. The summed E-state index contributed by atoms with van der Waals surface area (Å²) in [5.74, 6) is 0.860. The van der Waals surface area contributed by atoms with Crippen molar-refractivity contribution in [3.8, 4) is 0 Å². The van der Waals surface area contributed by atoms with Gasteiger partial charge in [0.2, 0.25) is 0 Å². The summed E-state index contributed by atoms with van der Waals surface area (Å²) in [6.07, 6.45) is 5.30. The number of benzene rings is 1. The van der Waals surface area contributed by atoms with Crippen molar-refractivity contribution in [1.29, 1.82) is 0 Å². The number of halogens is 1. The summed E-state index contributed by atoms with van der Waals surface area (Å²) in [5, 5.41) is 7.62. The highest BCUT2D eigenvalue weighted by Crippen LogP contribution is 2.32. The van der Waals surface area contributed by atoms with E-state index in [1.807, 2.05) is 30.9 Å². The summed E-state index contributed by atoms with van der Waals surface area (Å²) in [6.45, 7) is 3.46. The van der Waals surface area contributed by atoms with Crippen LogP contribution in [0.1, 0.15) is 18.4 Å². The van der Waals surface area contributed by atoms with Crippen LogP contribution >= 0.6 is 23.4 Å². The van der Waals surface area contributed by atoms with E-state index in [-0.39, 0.29) is 4.75 Å². The molecule has 0 unspecified atom stereocenters. The minimum atomic E-state index is 0.256. The Labute approximate surface area is 148 Å². The van der Waals surface area contributed by atoms with Crippen LogP contribution in [0.25, 0.3) is 0 Å². The number of ether oxygens (including phenoxy) is 1. The standard InChI is InChI=1S/C17H26ClN3OS/c1-19-16(20-10-7-14-3-5-15(18)6-4-14)21-13-17(23-2)8-11-22-12-9-17/h3-6H,7-13H2,1-2H3,(H2,19,20,21). The zero-order valence-corrected chi connectivity index (χ0v) is 15.5. The van der Waals surface area contributed by atoms with Gasteiger partial charge in [-0.1, -0.05) is 23.7 Å². The maximum Gasteiger partial charge on any atom is 0.191 e. The first kappa shape index (κ1) is 18.4. The largest absolute Gasteiger partial charge is 0.381 e. The van der Waals surface area contributed by atoms with Crippen molar-refractivity contribution in [1.82, 2.24) is 10.6 Å². The number of guanidine groups is 1. The van der Waals surface area contributed by atoms with Gasteiger partial charge in [0.05, 0.1) is 0 Å². The Hall–Kier alpha value is -0.910. The van der Waals surface area contributed by atoms with E-state index in [1.165, 1.54) is 5.56 Å². The zero-order chi connectivity index (χ0) is 16.5. The fraction of sp³-hybridized carbons (Fsp3) is 0.588.